The smallest absolute Gasteiger partial charge is 0.191 e. The first kappa shape index (κ1) is 16.7. The van der Waals surface area contributed by atoms with Crippen molar-refractivity contribution in [3.8, 4) is 5.82 Å². The molecule has 0 aliphatic carbocycles. The first-order valence-electron chi connectivity index (χ1n) is 8.18. The number of nitrogens with one attached hydrogen (secondary N) is 2. The van der Waals surface area contributed by atoms with Crippen molar-refractivity contribution in [1.82, 2.24) is 25.2 Å². The van der Waals surface area contributed by atoms with E-state index in [0.29, 0.717) is 6.54 Å². The summed E-state index contributed by atoms with van der Waals surface area (Å²) < 4.78 is 1.88. The fourth-order valence-corrected chi connectivity index (χ4v) is 2.50. The average molecular weight is 334 g/mol. The zero-order valence-electron chi connectivity index (χ0n) is 14.5. The molecular weight excluding hydrogens is 312 g/mol. The maximum absolute atomic E-state index is 4.36. The van der Waals surface area contributed by atoms with E-state index in [-0.39, 0.29) is 0 Å². The minimum absolute atomic E-state index is 0.664. The van der Waals surface area contributed by atoms with Crippen LogP contribution in [0, 0.1) is 6.92 Å². The summed E-state index contributed by atoms with van der Waals surface area (Å²) in [5.74, 6) is 1.61. The van der Waals surface area contributed by atoms with Crippen molar-refractivity contribution in [1.29, 1.82) is 0 Å². The van der Waals surface area contributed by atoms with Crippen LogP contribution in [0.25, 0.3) is 5.82 Å². The second-order valence-electron chi connectivity index (χ2n) is 5.70. The zero-order valence-corrected chi connectivity index (χ0v) is 14.5. The summed E-state index contributed by atoms with van der Waals surface area (Å²) >= 11 is 0. The van der Waals surface area contributed by atoms with Crippen LogP contribution in [0.1, 0.15) is 16.7 Å². The van der Waals surface area contributed by atoms with Crippen LogP contribution in [-0.4, -0.2) is 27.5 Å². The SMILES string of the molecule is CN=C(NCc1ccnc(-n2ccnc2)c1)NCc1ccccc1C. The zero-order chi connectivity index (χ0) is 17.5. The normalized spacial score (nSPS) is 11.4. The molecule has 0 atom stereocenters. The van der Waals surface area contributed by atoms with Gasteiger partial charge in [0, 0.05) is 38.7 Å². The predicted octanol–water partition coefficient (Wildman–Crippen LogP) is 2.44. The number of imidazole rings is 1. The minimum Gasteiger partial charge on any atom is -0.352 e. The van der Waals surface area contributed by atoms with Gasteiger partial charge < -0.3 is 10.6 Å². The Bertz CT molecular complexity index is 839. The Kier molecular flexibility index (Phi) is 5.41. The molecular formula is C19H22N6. The fourth-order valence-electron chi connectivity index (χ4n) is 2.50. The van der Waals surface area contributed by atoms with Crippen molar-refractivity contribution in [2.75, 3.05) is 7.05 Å². The van der Waals surface area contributed by atoms with Crippen LogP contribution < -0.4 is 10.6 Å². The van der Waals surface area contributed by atoms with E-state index in [1.54, 1.807) is 25.8 Å². The highest BCUT2D eigenvalue weighted by Gasteiger charge is 2.03. The number of benzene rings is 1. The second-order valence-corrected chi connectivity index (χ2v) is 5.70. The number of aryl methyl sites for hydroxylation is 1. The Morgan fingerprint density at radius 2 is 1.96 bits per heavy atom. The summed E-state index contributed by atoms with van der Waals surface area (Å²) in [4.78, 5) is 12.7. The van der Waals surface area contributed by atoms with Gasteiger partial charge in [-0.15, -0.1) is 0 Å². The molecule has 3 rings (SSSR count). The average Bonchev–Trinajstić information content (AvgIpc) is 3.18. The Hall–Kier alpha value is -3.15. The lowest BCUT2D eigenvalue weighted by molar-refractivity contribution is 0.804. The number of aromatic nitrogens is 3. The predicted molar refractivity (Wildman–Crippen MR) is 99.6 cm³/mol. The molecule has 2 N–H and O–H groups in total. The van der Waals surface area contributed by atoms with Gasteiger partial charge in [-0.3, -0.25) is 9.56 Å². The molecule has 0 saturated heterocycles. The highest BCUT2D eigenvalue weighted by molar-refractivity contribution is 5.79. The summed E-state index contributed by atoms with van der Waals surface area (Å²) in [5, 5.41) is 6.68. The number of hydrogen-bond acceptors (Lipinski definition) is 3. The number of hydrogen-bond donors (Lipinski definition) is 2. The van der Waals surface area contributed by atoms with Gasteiger partial charge in [0.15, 0.2) is 5.96 Å². The second kappa shape index (κ2) is 8.10. The van der Waals surface area contributed by atoms with E-state index in [4.69, 9.17) is 0 Å². The van der Waals surface area contributed by atoms with Crippen LogP contribution in [0.5, 0.6) is 0 Å². The highest BCUT2D eigenvalue weighted by Crippen LogP contribution is 2.07. The van der Waals surface area contributed by atoms with Crippen LogP contribution in [-0.2, 0) is 13.1 Å². The molecule has 0 spiro atoms. The van der Waals surface area contributed by atoms with Crippen molar-refractivity contribution in [3.05, 3.63) is 78.0 Å². The Morgan fingerprint density at radius 3 is 2.72 bits per heavy atom. The van der Waals surface area contributed by atoms with Crippen molar-refractivity contribution >= 4 is 5.96 Å². The summed E-state index contributed by atoms with van der Waals surface area (Å²) in [7, 11) is 1.77. The number of aliphatic imine (C=N–C) groups is 1. The van der Waals surface area contributed by atoms with E-state index < -0.39 is 0 Å². The first-order valence-corrected chi connectivity index (χ1v) is 8.18. The molecule has 3 aromatic rings. The molecule has 6 heteroatoms. The van der Waals surface area contributed by atoms with Gasteiger partial charge in [0.05, 0.1) is 0 Å². The number of nitrogens with zero attached hydrogens (tertiary/aromatic N) is 4. The quantitative estimate of drug-likeness (QED) is 0.555. The Labute approximate surface area is 147 Å². The van der Waals surface area contributed by atoms with Gasteiger partial charge in [-0.2, -0.15) is 0 Å². The molecule has 2 heterocycles. The van der Waals surface area contributed by atoms with E-state index in [9.17, 15) is 0 Å². The number of guanidine groups is 1. The van der Waals surface area contributed by atoms with Crippen molar-refractivity contribution in [2.45, 2.75) is 20.0 Å². The van der Waals surface area contributed by atoms with E-state index in [2.05, 4.69) is 50.7 Å². The summed E-state index contributed by atoms with van der Waals surface area (Å²) in [6.45, 7) is 3.52. The molecule has 0 saturated carbocycles. The van der Waals surface area contributed by atoms with Gasteiger partial charge >= 0.3 is 0 Å². The first-order chi connectivity index (χ1) is 12.3. The third kappa shape index (κ3) is 4.44. The summed E-state index contributed by atoms with van der Waals surface area (Å²) in [5.41, 5.74) is 3.65. The molecule has 0 fully saturated rings. The van der Waals surface area contributed by atoms with Crippen LogP contribution in [0.2, 0.25) is 0 Å². The molecule has 0 aliphatic heterocycles. The van der Waals surface area contributed by atoms with Crippen molar-refractivity contribution in [2.24, 2.45) is 4.99 Å². The van der Waals surface area contributed by atoms with Crippen LogP contribution in [0.4, 0.5) is 0 Å². The largest absolute Gasteiger partial charge is 0.352 e. The lowest BCUT2D eigenvalue weighted by Crippen LogP contribution is -2.36. The number of pyridine rings is 1. The summed E-state index contributed by atoms with van der Waals surface area (Å²) in [6, 6.07) is 12.4. The Morgan fingerprint density at radius 1 is 1.12 bits per heavy atom. The van der Waals surface area contributed by atoms with Crippen molar-refractivity contribution in [3.63, 3.8) is 0 Å². The molecule has 0 unspecified atom stereocenters. The van der Waals surface area contributed by atoms with E-state index in [1.165, 1.54) is 11.1 Å². The molecule has 0 amide bonds. The minimum atomic E-state index is 0.664. The molecule has 2 aromatic heterocycles. The van der Waals surface area contributed by atoms with Gasteiger partial charge in [0.1, 0.15) is 12.1 Å². The van der Waals surface area contributed by atoms with Gasteiger partial charge in [0.25, 0.3) is 0 Å². The van der Waals surface area contributed by atoms with Gasteiger partial charge in [-0.25, -0.2) is 9.97 Å². The van der Waals surface area contributed by atoms with E-state index in [1.807, 2.05) is 29.0 Å². The lowest BCUT2D eigenvalue weighted by Gasteiger charge is -2.13. The van der Waals surface area contributed by atoms with Crippen molar-refractivity contribution < 1.29 is 0 Å². The van der Waals surface area contributed by atoms with E-state index in [0.717, 1.165) is 23.9 Å². The van der Waals surface area contributed by atoms with Gasteiger partial charge in [-0.05, 0) is 35.7 Å². The molecule has 128 valence electrons. The van der Waals surface area contributed by atoms with Crippen LogP contribution in [0.15, 0.2) is 66.3 Å². The third-order valence-electron chi connectivity index (χ3n) is 3.97. The highest BCUT2D eigenvalue weighted by atomic mass is 15.2. The molecule has 6 nitrogen and oxygen atoms in total. The molecule has 0 aliphatic rings. The van der Waals surface area contributed by atoms with Gasteiger partial charge in [0.2, 0.25) is 0 Å². The maximum Gasteiger partial charge on any atom is 0.191 e. The fraction of sp³-hybridized carbons (Fsp3) is 0.211. The molecule has 25 heavy (non-hydrogen) atoms. The summed E-state index contributed by atoms with van der Waals surface area (Å²) in [6.07, 6.45) is 7.16. The third-order valence-corrected chi connectivity index (χ3v) is 3.97. The molecule has 0 bridgehead atoms. The van der Waals surface area contributed by atoms with Crippen LogP contribution >= 0.6 is 0 Å². The maximum atomic E-state index is 4.36. The lowest BCUT2D eigenvalue weighted by atomic mass is 10.1. The monoisotopic (exact) mass is 334 g/mol. The number of rotatable bonds is 5. The standard InChI is InChI=1S/C19H22N6/c1-15-5-3-4-6-17(15)13-24-19(20-2)23-12-16-7-8-22-18(11-16)25-10-9-21-14-25/h3-11,14H,12-13H2,1-2H3,(H2,20,23,24). The van der Waals surface area contributed by atoms with Crippen LogP contribution in [0.3, 0.4) is 0 Å². The molecule has 1 aromatic carbocycles. The van der Waals surface area contributed by atoms with Gasteiger partial charge in [-0.1, -0.05) is 24.3 Å². The Balaban J connectivity index is 1.58. The molecule has 0 radical (unpaired) electrons. The topological polar surface area (TPSA) is 67.1 Å². The van der Waals surface area contributed by atoms with E-state index >= 15 is 0 Å².